The lowest BCUT2D eigenvalue weighted by Gasteiger charge is -2.19. The van der Waals surface area contributed by atoms with Gasteiger partial charge in [0.1, 0.15) is 5.82 Å². The maximum absolute atomic E-state index is 14.3. The van der Waals surface area contributed by atoms with E-state index in [1.807, 2.05) is 0 Å². The highest BCUT2D eigenvalue weighted by Gasteiger charge is 2.19. The molecule has 0 aromatic heterocycles. The first-order valence-corrected chi connectivity index (χ1v) is 6.13. The van der Waals surface area contributed by atoms with E-state index in [0.717, 1.165) is 0 Å². The van der Waals surface area contributed by atoms with Crippen LogP contribution in [0.15, 0.2) is 36.4 Å². The molecule has 2 aromatic rings. The third-order valence-electron chi connectivity index (χ3n) is 3.21. The summed E-state index contributed by atoms with van der Waals surface area (Å²) in [4.78, 5) is 0. The van der Waals surface area contributed by atoms with Gasteiger partial charge in [-0.05, 0) is 30.2 Å². The summed E-state index contributed by atoms with van der Waals surface area (Å²) in [6, 6.07) is 8.79. The molecular formula is C15H16F2N2O. The summed E-state index contributed by atoms with van der Waals surface area (Å²) < 4.78 is 32.6. The van der Waals surface area contributed by atoms with Gasteiger partial charge < -0.3 is 4.74 Å². The van der Waals surface area contributed by atoms with Crippen molar-refractivity contribution in [1.82, 2.24) is 5.43 Å². The molecule has 3 N–H and O–H groups in total. The first-order chi connectivity index (χ1) is 9.58. The third-order valence-corrected chi connectivity index (χ3v) is 3.21. The largest absolute Gasteiger partial charge is 0.494 e. The van der Waals surface area contributed by atoms with E-state index < -0.39 is 11.9 Å². The van der Waals surface area contributed by atoms with Crippen molar-refractivity contribution in [2.45, 2.75) is 13.0 Å². The molecule has 5 heteroatoms. The SMILES string of the molecule is COc1cccc(C(NN)c2ccc(F)c(C)c2)c1F. The van der Waals surface area contributed by atoms with Gasteiger partial charge in [0, 0.05) is 5.56 Å². The van der Waals surface area contributed by atoms with Gasteiger partial charge in [0.15, 0.2) is 11.6 Å². The van der Waals surface area contributed by atoms with Crippen LogP contribution in [0.2, 0.25) is 0 Å². The minimum Gasteiger partial charge on any atom is -0.494 e. The van der Waals surface area contributed by atoms with Crippen molar-refractivity contribution in [1.29, 1.82) is 0 Å². The van der Waals surface area contributed by atoms with E-state index in [0.29, 0.717) is 16.7 Å². The summed E-state index contributed by atoms with van der Waals surface area (Å²) in [6.07, 6.45) is 0. The Kier molecular flexibility index (Phi) is 4.32. The predicted octanol–water partition coefficient (Wildman–Crippen LogP) is 2.83. The van der Waals surface area contributed by atoms with Crippen LogP contribution in [0.25, 0.3) is 0 Å². The zero-order valence-corrected chi connectivity index (χ0v) is 11.3. The molecule has 0 aliphatic rings. The van der Waals surface area contributed by atoms with Crippen molar-refractivity contribution in [3.05, 3.63) is 64.7 Å². The van der Waals surface area contributed by atoms with Crippen molar-refractivity contribution < 1.29 is 13.5 Å². The number of nitrogens with one attached hydrogen (secondary N) is 1. The Morgan fingerprint density at radius 2 is 1.95 bits per heavy atom. The van der Waals surface area contributed by atoms with Gasteiger partial charge in [0.05, 0.1) is 13.2 Å². The molecule has 20 heavy (non-hydrogen) atoms. The second-order valence-electron chi connectivity index (χ2n) is 4.47. The Morgan fingerprint density at radius 1 is 1.20 bits per heavy atom. The number of hydrogen-bond donors (Lipinski definition) is 2. The van der Waals surface area contributed by atoms with E-state index in [1.165, 1.54) is 19.2 Å². The van der Waals surface area contributed by atoms with E-state index in [9.17, 15) is 8.78 Å². The van der Waals surface area contributed by atoms with E-state index in [4.69, 9.17) is 10.6 Å². The maximum atomic E-state index is 14.3. The van der Waals surface area contributed by atoms with Crippen LogP contribution in [0.1, 0.15) is 22.7 Å². The smallest absolute Gasteiger partial charge is 0.170 e. The number of methoxy groups -OCH3 is 1. The Balaban J connectivity index is 2.49. The molecule has 1 atom stereocenters. The van der Waals surface area contributed by atoms with Crippen molar-refractivity contribution >= 4 is 0 Å². The molecule has 0 spiro atoms. The monoisotopic (exact) mass is 278 g/mol. The zero-order valence-electron chi connectivity index (χ0n) is 11.3. The first-order valence-electron chi connectivity index (χ1n) is 6.13. The highest BCUT2D eigenvalue weighted by molar-refractivity contribution is 5.39. The fraction of sp³-hybridized carbons (Fsp3) is 0.200. The lowest BCUT2D eigenvalue weighted by atomic mass is 9.97. The highest BCUT2D eigenvalue weighted by atomic mass is 19.1. The first kappa shape index (κ1) is 14.4. The molecule has 0 saturated carbocycles. The van der Waals surface area contributed by atoms with Crippen LogP contribution in [0.4, 0.5) is 8.78 Å². The molecule has 0 aliphatic carbocycles. The van der Waals surface area contributed by atoms with E-state index >= 15 is 0 Å². The summed E-state index contributed by atoms with van der Waals surface area (Å²) in [5, 5.41) is 0. The van der Waals surface area contributed by atoms with Crippen molar-refractivity contribution in [2.75, 3.05) is 7.11 Å². The third kappa shape index (κ3) is 2.64. The fourth-order valence-electron chi connectivity index (χ4n) is 2.12. The standard InChI is InChI=1S/C15H16F2N2O/c1-9-8-10(6-7-12(9)16)15(19-18)11-4-3-5-13(20-2)14(11)17/h3-8,15,19H,18H2,1-2H3. The summed E-state index contributed by atoms with van der Waals surface area (Å²) >= 11 is 0. The number of ether oxygens (including phenoxy) is 1. The number of rotatable bonds is 4. The summed E-state index contributed by atoms with van der Waals surface area (Å²) in [5.41, 5.74) is 4.06. The fourth-order valence-corrected chi connectivity index (χ4v) is 2.12. The second-order valence-corrected chi connectivity index (χ2v) is 4.47. The number of hydrogen-bond acceptors (Lipinski definition) is 3. The summed E-state index contributed by atoms with van der Waals surface area (Å²) in [7, 11) is 1.40. The van der Waals surface area contributed by atoms with Gasteiger partial charge in [-0.3, -0.25) is 5.84 Å². The topological polar surface area (TPSA) is 47.3 Å². The molecule has 0 fully saturated rings. The van der Waals surface area contributed by atoms with Gasteiger partial charge >= 0.3 is 0 Å². The van der Waals surface area contributed by atoms with Crippen molar-refractivity contribution in [3.8, 4) is 5.75 Å². The molecule has 2 rings (SSSR count). The summed E-state index contributed by atoms with van der Waals surface area (Å²) in [6.45, 7) is 1.65. The van der Waals surface area contributed by atoms with Crippen molar-refractivity contribution in [2.24, 2.45) is 5.84 Å². The molecule has 3 nitrogen and oxygen atoms in total. The van der Waals surface area contributed by atoms with Gasteiger partial charge in [0.2, 0.25) is 0 Å². The number of benzene rings is 2. The van der Waals surface area contributed by atoms with Crippen LogP contribution in [0.5, 0.6) is 5.75 Å². The minimum atomic E-state index is -0.579. The van der Waals surface area contributed by atoms with Crippen molar-refractivity contribution in [3.63, 3.8) is 0 Å². The van der Waals surface area contributed by atoms with Gasteiger partial charge in [-0.1, -0.05) is 24.3 Å². The normalized spacial score (nSPS) is 12.2. The second kappa shape index (κ2) is 5.98. The molecule has 0 saturated heterocycles. The molecular weight excluding hydrogens is 262 g/mol. The molecule has 0 aliphatic heterocycles. The van der Waals surface area contributed by atoms with Crippen LogP contribution < -0.4 is 16.0 Å². The molecule has 1 unspecified atom stereocenters. The molecule has 2 aromatic carbocycles. The predicted molar refractivity (Wildman–Crippen MR) is 73.3 cm³/mol. The molecule has 0 amide bonds. The molecule has 0 radical (unpaired) electrons. The number of hydrazine groups is 1. The lowest BCUT2D eigenvalue weighted by Crippen LogP contribution is -2.29. The molecule has 0 bridgehead atoms. The number of halogens is 2. The zero-order chi connectivity index (χ0) is 14.7. The van der Waals surface area contributed by atoms with Gasteiger partial charge in [-0.15, -0.1) is 0 Å². The van der Waals surface area contributed by atoms with E-state index in [2.05, 4.69) is 5.43 Å². The van der Waals surface area contributed by atoms with Gasteiger partial charge in [-0.25, -0.2) is 14.2 Å². The van der Waals surface area contributed by atoms with Crippen LogP contribution >= 0.6 is 0 Å². The average molecular weight is 278 g/mol. The number of aryl methyl sites for hydroxylation is 1. The van der Waals surface area contributed by atoms with Gasteiger partial charge in [-0.2, -0.15) is 0 Å². The Labute approximate surface area is 116 Å². The van der Waals surface area contributed by atoms with Crippen LogP contribution in [-0.2, 0) is 0 Å². The Morgan fingerprint density at radius 3 is 2.55 bits per heavy atom. The number of nitrogens with two attached hydrogens (primary N) is 1. The quantitative estimate of drug-likeness (QED) is 0.668. The maximum Gasteiger partial charge on any atom is 0.170 e. The summed E-state index contributed by atoms with van der Waals surface area (Å²) in [5.74, 6) is 4.88. The Bertz CT molecular complexity index is 617. The van der Waals surface area contributed by atoms with Gasteiger partial charge in [0.25, 0.3) is 0 Å². The van der Waals surface area contributed by atoms with Crippen LogP contribution in [0.3, 0.4) is 0 Å². The average Bonchev–Trinajstić information content (AvgIpc) is 2.45. The van der Waals surface area contributed by atoms with Crippen LogP contribution in [-0.4, -0.2) is 7.11 Å². The Hall–Kier alpha value is -1.98. The van der Waals surface area contributed by atoms with E-state index in [-0.39, 0.29) is 11.6 Å². The van der Waals surface area contributed by atoms with E-state index in [1.54, 1.807) is 31.2 Å². The van der Waals surface area contributed by atoms with Crippen LogP contribution in [0, 0.1) is 18.6 Å². The minimum absolute atomic E-state index is 0.140. The molecule has 0 heterocycles. The lowest BCUT2D eigenvalue weighted by molar-refractivity contribution is 0.381. The molecule has 106 valence electrons. The highest BCUT2D eigenvalue weighted by Crippen LogP contribution is 2.29.